The molecule has 0 aliphatic rings. The minimum Gasteiger partial charge on any atom is -0.350 e. The van der Waals surface area contributed by atoms with E-state index < -0.39 is 0 Å². The van der Waals surface area contributed by atoms with Crippen LogP contribution in [0.25, 0.3) is 5.82 Å². The second-order valence-corrected chi connectivity index (χ2v) is 6.97. The van der Waals surface area contributed by atoms with Gasteiger partial charge >= 0.3 is 0 Å². The summed E-state index contributed by atoms with van der Waals surface area (Å²) in [6.45, 7) is 6.35. The van der Waals surface area contributed by atoms with Gasteiger partial charge in [0.2, 0.25) is 0 Å². The van der Waals surface area contributed by atoms with Gasteiger partial charge in [-0.25, -0.2) is 9.78 Å². The number of aromatic amines is 1. The maximum atomic E-state index is 12.5. The van der Waals surface area contributed by atoms with Crippen molar-refractivity contribution in [2.45, 2.75) is 32.7 Å². The Kier molecular flexibility index (Phi) is 5.70. The number of benzene rings is 1. The molecule has 0 fully saturated rings. The molecule has 1 amide bonds. The zero-order chi connectivity index (χ0) is 20.3. The van der Waals surface area contributed by atoms with Gasteiger partial charge in [0, 0.05) is 18.7 Å². The molecule has 1 atom stereocenters. The zero-order valence-electron chi connectivity index (χ0n) is 16.1. The summed E-state index contributed by atoms with van der Waals surface area (Å²) < 4.78 is 1.50. The number of amides is 1. The number of carbonyl (C=O) groups is 1. The topological polar surface area (TPSA) is 119 Å². The molecule has 0 aliphatic carbocycles. The molecule has 2 aromatic heterocycles. The normalized spacial score (nSPS) is 12.2. The summed E-state index contributed by atoms with van der Waals surface area (Å²) in [5.74, 6) is 0.627. The van der Waals surface area contributed by atoms with Gasteiger partial charge in [-0.2, -0.15) is 10.2 Å². The molecule has 146 valence electrons. The number of rotatable bonds is 6. The number of hydrogen-bond donors (Lipinski definition) is 3. The van der Waals surface area contributed by atoms with Crippen molar-refractivity contribution in [3.05, 3.63) is 75.3 Å². The first-order valence-corrected chi connectivity index (χ1v) is 9.11. The van der Waals surface area contributed by atoms with Crippen LogP contribution in [-0.2, 0) is 0 Å². The Morgan fingerprint density at radius 3 is 2.46 bits per heavy atom. The highest BCUT2D eigenvalue weighted by Gasteiger charge is 2.17. The Balaban J connectivity index is 1.66. The molecule has 8 heteroatoms. The molecule has 2 heterocycles. The summed E-state index contributed by atoms with van der Waals surface area (Å²) in [6.07, 6.45) is 1.47. The van der Waals surface area contributed by atoms with Crippen molar-refractivity contribution in [1.29, 1.82) is 0 Å². The van der Waals surface area contributed by atoms with Gasteiger partial charge in [0.25, 0.3) is 11.5 Å². The highest BCUT2D eigenvalue weighted by atomic mass is 16.1. The molecular weight excluding hydrogens is 356 g/mol. The van der Waals surface area contributed by atoms with Crippen LogP contribution in [-0.4, -0.2) is 32.4 Å². The number of nitrogens with two attached hydrogens (primary N) is 1. The van der Waals surface area contributed by atoms with Gasteiger partial charge in [0.15, 0.2) is 5.82 Å². The standard InChI is InChI=1S/C20H24N6O2/c1-12(2)14-4-6-15(7-5-14)17(21)11-22-20(28)16-10-23-26(13(16)3)18-8-9-19(27)25-24-18/h4-10,12,17H,11,21H2,1-3H3,(H,22,28)(H,25,27). The van der Waals surface area contributed by atoms with Gasteiger partial charge in [-0.05, 0) is 30.0 Å². The van der Waals surface area contributed by atoms with Crippen LogP contribution in [0, 0.1) is 6.92 Å². The Labute approximate surface area is 162 Å². The Hall–Kier alpha value is -3.26. The predicted molar refractivity (Wildman–Crippen MR) is 107 cm³/mol. The third-order valence-corrected chi connectivity index (χ3v) is 4.65. The quantitative estimate of drug-likeness (QED) is 0.603. The van der Waals surface area contributed by atoms with E-state index in [-0.39, 0.29) is 17.5 Å². The lowest BCUT2D eigenvalue weighted by Gasteiger charge is -2.14. The summed E-state index contributed by atoms with van der Waals surface area (Å²) in [5.41, 5.74) is 9.17. The fourth-order valence-electron chi connectivity index (χ4n) is 2.86. The highest BCUT2D eigenvalue weighted by molar-refractivity contribution is 5.95. The van der Waals surface area contributed by atoms with E-state index in [2.05, 4.69) is 46.6 Å². The Morgan fingerprint density at radius 2 is 1.86 bits per heavy atom. The lowest BCUT2D eigenvalue weighted by Crippen LogP contribution is -2.32. The second kappa shape index (κ2) is 8.18. The minimum atomic E-state index is -0.304. The van der Waals surface area contributed by atoms with E-state index in [1.54, 1.807) is 6.92 Å². The predicted octanol–water partition coefficient (Wildman–Crippen LogP) is 1.82. The van der Waals surface area contributed by atoms with Crippen molar-refractivity contribution >= 4 is 5.91 Å². The number of nitrogens with one attached hydrogen (secondary N) is 2. The number of H-pyrrole nitrogens is 1. The fraction of sp³-hybridized carbons (Fsp3) is 0.300. The smallest absolute Gasteiger partial charge is 0.264 e. The number of nitrogens with zero attached hydrogens (tertiary/aromatic N) is 3. The van der Waals surface area contributed by atoms with Gasteiger partial charge in [-0.1, -0.05) is 38.1 Å². The molecular formula is C20H24N6O2. The number of aromatic nitrogens is 4. The van der Waals surface area contributed by atoms with E-state index in [9.17, 15) is 9.59 Å². The van der Waals surface area contributed by atoms with Crippen LogP contribution in [0.3, 0.4) is 0 Å². The van der Waals surface area contributed by atoms with Crippen molar-refractivity contribution in [3.8, 4) is 5.82 Å². The first kappa shape index (κ1) is 19.5. The highest BCUT2D eigenvalue weighted by Crippen LogP contribution is 2.18. The second-order valence-electron chi connectivity index (χ2n) is 6.97. The monoisotopic (exact) mass is 380 g/mol. The largest absolute Gasteiger partial charge is 0.350 e. The lowest BCUT2D eigenvalue weighted by molar-refractivity contribution is 0.0950. The lowest BCUT2D eigenvalue weighted by atomic mass is 9.99. The fourth-order valence-corrected chi connectivity index (χ4v) is 2.86. The molecule has 8 nitrogen and oxygen atoms in total. The van der Waals surface area contributed by atoms with E-state index in [0.717, 1.165) is 5.56 Å². The van der Waals surface area contributed by atoms with E-state index in [0.29, 0.717) is 29.5 Å². The van der Waals surface area contributed by atoms with Gasteiger partial charge < -0.3 is 11.1 Å². The minimum absolute atomic E-state index is 0.262. The van der Waals surface area contributed by atoms with Gasteiger partial charge in [-0.15, -0.1) is 0 Å². The van der Waals surface area contributed by atoms with Crippen LogP contribution in [0.5, 0.6) is 0 Å². The third kappa shape index (κ3) is 4.17. The molecule has 28 heavy (non-hydrogen) atoms. The van der Waals surface area contributed by atoms with Crippen LogP contribution in [0.1, 0.15) is 53.0 Å². The maximum Gasteiger partial charge on any atom is 0.264 e. The molecule has 1 unspecified atom stereocenters. The third-order valence-electron chi connectivity index (χ3n) is 4.65. The van der Waals surface area contributed by atoms with Crippen LogP contribution < -0.4 is 16.6 Å². The summed E-state index contributed by atoms with van der Waals surface area (Å²) in [4.78, 5) is 23.7. The molecule has 3 aromatic rings. The van der Waals surface area contributed by atoms with Crippen LogP contribution >= 0.6 is 0 Å². The Bertz CT molecular complexity index is 999. The molecule has 0 spiro atoms. The molecule has 0 aliphatic heterocycles. The molecule has 0 radical (unpaired) electrons. The average Bonchev–Trinajstić information content (AvgIpc) is 3.08. The van der Waals surface area contributed by atoms with Crippen molar-refractivity contribution in [2.75, 3.05) is 6.54 Å². The average molecular weight is 380 g/mol. The van der Waals surface area contributed by atoms with E-state index in [1.165, 1.54) is 28.6 Å². The molecule has 1 aromatic carbocycles. The van der Waals surface area contributed by atoms with Gasteiger partial charge in [0.1, 0.15) is 0 Å². The maximum absolute atomic E-state index is 12.5. The SMILES string of the molecule is Cc1c(C(=O)NCC(N)c2ccc(C(C)C)cc2)cnn1-c1ccc(=O)[nH]n1. The molecule has 3 rings (SSSR count). The van der Waals surface area contributed by atoms with Crippen molar-refractivity contribution in [2.24, 2.45) is 5.73 Å². The van der Waals surface area contributed by atoms with Crippen LogP contribution in [0.15, 0.2) is 47.4 Å². The summed E-state index contributed by atoms with van der Waals surface area (Å²) in [7, 11) is 0. The van der Waals surface area contributed by atoms with Crippen molar-refractivity contribution in [3.63, 3.8) is 0 Å². The number of carbonyl (C=O) groups excluding carboxylic acids is 1. The molecule has 0 saturated carbocycles. The van der Waals surface area contributed by atoms with E-state index >= 15 is 0 Å². The Morgan fingerprint density at radius 1 is 1.18 bits per heavy atom. The van der Waals surface area contributed by atoms with Crippen molar-refractivity contribution in [1.82, 2.24) is 25.3 Å². The van der Waals surface area contributed by atoms with Gasteiger partial charge in [-0.3, -0.25) is 9.59 Å². The van der Waals surface area contributed by atoms with Crippen LogP contribution in [0.4, 0.5) is 0 Å². The van der Waals surface area contributed by atoms with E-state index in [1.807, 2.05) is 12.1 Å². The molecule has 4 N–H and O–H groups in total. The molecule has 0 saturated heterocycles. The molecule has 0 bridgehead atoms. The van der Waals surface area contributed by atoms with Crippen LogP contribution in [0.2, 0.25) is 0 Å². The van der Waals surface area contributed by atoms with Gasteiger partial charge in [0.05, 0.1) is 17.5 Å². The first-order valence-electron chi connectivity index (χ1n) is 9.11. The number of hydrogen-bond acceptors (Lipinski definition) is 5. The van der Waals surface area contributed by atoms with E-state index in [4.69, 9.17) is 5.73 Å². The zero-order valence-corrected chi connectivity index (χ0v) is 16.1. The summed E-state index contributed by atoms with van der Waals surface area (Å²) in [5, 5.41) is 13.3. The van der Waals surface area contributed by atoms with Crippen molar-refractivity contribution < 1.29 is 4.79 Å². The summed E-state index contributed by atoms with van der Waals surface area (Å²) >= 11 is 0. The first-order chi connectivity index (χ1) is 13.4. The summed E-state index contributed by atoms with van der Waals surface area (Å²) in [6, 6.07) is 10.7.